The van der Waals surface area contributed by atoms with E-state index >= 15 is 0 Å². The Morgan fingerprint density at radius 2 is 2.09 bits per heavy atom. The van der Waals surface area contributed by atoms with Crippen LogP contribution in [0.2, 0.25) is 0 Å². The highest BCUT2D eigenvalue weighted by atomic mass is 16.5. The third-order valence-corrected chi connectivity index (χ3v) is 3.12. The number of hydrogen-bond acceptors (Lipinski definition) is 6. The Labute approximate surface area is 135 Å². The van der Waals surface area contributed by atoms with Gasteiger partial charge in [-0.3, -0.25) is 4.79 Å². The fourth-order valence-corrected chi connectivity index (χ4v) is 1.83. The summed E-state index contributed by atoms with van der Waals surface area (Å²) in [6, 6.07) is 9.26. The second-order valence-corrected chi connectivity index (χ2v) is 5.89. The van der Waals surface area contributed by atoms with E-state index in [4.69, 9.17) is 10.5 Å². The Hall–Kier alpha value is -2.32. The van der Waals surface area contributed by atoms with Gasteiger partial charge in [-0.1, -0.05) is 30.3 Å². The first kappa shape index (κ1) is 17.0. The molecule has 1 aromatic heterocycles. The van der Waals surface area contributed by atoms with Crippen LogP contribution < -0.4 is 11.1 Å². The van der Waals surface area contributed by atoms with E-state index < -0.39 is 11.6 Å². The molecule has 8 heteroatoms. The van der Waals surface area contributed by atoms with Crippen LogP contribution in [0.5, 0.6) is 0 Å². The maximum atomic E-state index is 12.1. The number of nitrogens with two attached hydrogens (primary N) is 1. The predicted octanol–water partition coefficient (Wildman–Crippen LogP) is 0.322. The van der Waals surface area contributed by atoms with Gasteiger partial charge in [-0.15, -0.1) is 10.2 Å². The number of nitrogens with zero attached hydrogens (tertiary/aromatic N) is 4. The molecule has 1 heterocycles. The molecular formula is C15H22N6O2. The van der Waals surface area contributed by atoms with E-state index in [2.05, 4.69) is 20.7 Å². The fraction of sp³-hybridized carbons (Fsp3) is 0.467. The molecule has 8 nitrogen and oxygen atoms in total. The largest absolute Gasteiger partial charge is 0.374 e. The lowest BCUT2D eigenvalue weighted by Crippen LogP contribution is -2.50. The van der Waals surface area contributed by atoms with E-state index in [1.165, 1.54) is 4.80 Å². The normalized spacial score (nSPS) is 12.9. The van der Waals surface area contributed by atoms with Gasteiger partial charge in [-0.2, -0.15) is 4.80 Å². The average Bonchev–Trinajstić information content (AvgIpc) is 2.92. The van der Waals surface area contributed by atoms with Crippen LogP contribution >= 0.6 is 0 Å². The summed E-state index contributed by atoms with van der Waals surface area (Å²) in [6.45, 7) is 3.92. The van der Waals surface area contributed by atoms with Crippen LogP contribution in [-0.4, -0.2) is 38.3 Å². The molecule has 0 aliphatic rings. The van der Waals surface area contributed by atoms with Crippen molar-refractivity contribution in [2.24, 2.45) is 12.8 Å². The maximum Gasteiger partial charge on any atom is 0.240 e. The summed E-state index contributed by atoms with van der Waals surface area (Å²) in [5.74, 6) is 0.0800. The second-order valence-electron chi connectivity index (χ2n) is 5.89. The highest BCUT2D eigenvalue weighted by molar-refractivity contribution is 5.85. The van der Waals surface area contributed by atoms with Gasteiger partial charge in [0.2, 0.25) is 5.91 Å². The molecule has 0 aliphatic carbocycles. The van der Waals surface area contributed by atoms with Crippen molar-refractivity contribution in [3.63, 3.8) is 0 Å². The Kier molecular flexibility index (Phi) is 5.41. The first-order chi connectivity index (χ1) is 10.9. The molecule has 0 spiro atoms. The van der Waals surface area contributed by atoms with Gasteiger partial charge in [0.25, 0.3) is 0 Å². The molecule has 1 aromatic carbocycles. The molecule has 2 rings (SSSR count). The number of aromatic nitrogens is 4. The third-order valence-electron chi connectivity index (χ3n) is 3.12. The van der Waals surface area contributed by atoms with Crippen molar-refractivity contribution in [3.8, 4) is 0 Å². The molecule has 0 bridgehead atoms. The number of amides is 1. The molecular weight excluding hydrogens is 296 g/mol. The smallest absolute Gasteiger partial charge is 0.240 e. The number of benzene rings is 1. The first-order valence-electron chi connectivity index (χ1n) is 7.31. The molecule has 0 aliphatic heterocycles. The lowest BCUT2D eigenvalue weighted by atomic mass is 10.1. The van der Waals surface area contributed by atoms with Crippen molar-refractivity contribution in [1.82, 2.24) is 25.5 Å². The molecule has 2 aromatic rings. The fourth-order valence-electron chi connectivity index (χ4n) is 1.83. The molecule has 0 radical (unpaired) electrons. The minimum Gasteiger partial charge on any atom is -0.374 e. The van der Waals surface area contributed by atoms with Crippen LogP contribution in [0.15, 0.2) is 30.3 Å². The van der Waals surface area contributed by atoms with Crippen LogP contribution in [0, 0.1) is 0 Å². The Bertz CT molecular complexity index is 635. The zero-order valence-corrected chi connectivity index (χ0v) is 13.6. The van der Waals surface area contributed by atoms with Gasteiger partial charge >= 0.3 is 0 Å². The number of hydrogen-bond donors (Lipinski definition) is 2. The molecule has 1 atom stereocenters. The summed E-state index contributed by atoms with van der Waals surface area (Å²) in [7, 11) is 1.66. The number of tetrazole rings is 1. The van der Waals surface area contributed by atoms with Gasteiger partial charge in [0.15, 0.2) is 5.82 Å². The highest BCUT2D eigenvalue weighted by Gasteiger charge is 2.27. The molecule has 23 heavy (non-hydrogen) atoms. The van der Waals surface area contributed by atoms with E-state index in [-0.39, 0.29) is 12.5 Å². The second kappa shape index (κ2) is 7.30. The van der Waals surface area contributed by atoms with Gasteiger partial charge in [-0.05, 0) is 24.6 Å². The third kappa shape index (κ3) is 5.11. The van der Waals surface area contributed by atoms with Crippen molar-refractivity contribution < 1.29 is 9.53 Å². The van der Waals surface area contributed by atoms with Gasteiger partial charge < -0.3 is 15.8 Å². The minimum atomic E-state index is -1.00. The monoisotopic (exact) mass is 318 g/mol. The Morgan fingerprint density at radius 1 is 1.39 bits per heavy atom. The van der Waals surface area contributed by atoms with E-state index in [0.29, 0.717) is 12.4 Å². The van der Waals surface area contributed by atoms with Crippen LogP contribution in [0.3, 0.4) is 0 Å². The van der Waals surface area contributed by atoms with Crippen LogP contribution in [0.25, 0.3) is 0 Å². The van der Waals surface area contributed by atoms with Gasteiger partial charge in [-0.25, -0.2) is 0 Å². The topological polar surface area (TPSA) is 108 Å². The van der Waals surface area contributed by atoms with Gasteiger partial charge in [0.05, 0.1) is 25.8 Å². The molecule has 0 saturated heterocycles. The van der Waals surface area contributed by atoms with Crippen LogP contribution in [0.4, 0.5) is 0 Å². The summed E-state index contributed by atoms with van der Waals surface area (Å²) in [5, 5.41) is 14.7. The number of ether oxygens (including phenoxy) is 1. The average molecular weight is 318 g/mol. The number of aryl methyl sites for hydroxylation is 1. The zero-order chi connectivity index (χ0) is 16.9. The van der Waals surface area contributed by atoms with Crippen molar-refractivity contribution in [1.29, 1.82) is 0 Å². The lowest BCUT2D eigenvalue weighted by Gasteiger charge is -2.22. The number of carbonyl (C=O) groups excluding carboxylic acids is 1. The van der Waals surface area contributed by atoms with E-state index in [0.717, 1.165) is 5.56 Å². The summed E-state index contributed by atoms with van der Waals surface area (Å²) < 4.78 is 5.69. The zero-order valence-electron chi connectivity index (χ0n) is 13.6. The molecule has 1 amide bonds. The summed E-state index contributed by atoms with van der Waals surface area (Å²) in [6.07, 6.45) is 0. The van der Waals surface area contributed by atoms with Gasteiger partial charge in [0.1, 0.15) is 6.04 Å². The molecule has 0 fully saturated rings. The van der Waals surface area contributed by atoms with E-state index in [9.17, 15) is 4.79 Å². The van der Waals surface area contributed by atoms with Crippen molar-refractivity contribution in [3.05, 3.63) is 41.7 Å². The first-order valence-corrected chi connectivity index (χ1v) is 7.31. The van der Waals surface area contributed by atoms with E-state index in [1.54, 1.807) is 20.9 Å². The Morgan fingerprint density at radius 3 is 2.65 bits per heavy atom. The minimum absolute atomic E-state index is 0.225. The maximum absolute atomic E-state index is 12.1. The summed E-state index contributed by atoms with van der Waals surface area (Å²) >= 11 is 0. The van der Waals surface area contributed by atoms with Crippen molar-refractivity contribution in [2.75, 3.05) is 6.61 Å². The van der Waals surface area contributed by atoms with Crippen molar-refractivity contribution >= 4 is 5.91 Å². The molecule has 124 valence electrons. The summed E-state index contributed by atoms with van der Waals surface area (Å²) in [4.78, 5) is 13.4. The van der Waals surface area contributed by atoms with Crippen LogP contribution in [-0.2, 0) is 23.2 Å². The van der Waals surface area contributed by atoms with Crippen molar-refractivity contribution in [2.45, 2.75) is 32.0 Å². The predicted molar refractivity (Wildman–Crippen MR) is 84.0 cm³/mol. The molecule has 0 saturated carbocycles. The molecule has 3 N–H and O–H groups in total. The lowest BCUT2D eigenvalue weighted by molar-refractivity contribution is -0.126. The number of rotatable bonds is 7. The number of carbonyl (C=O) groups is 1. The quantitative estimate of drug-likeness (QED) is 0.761. The number of nitrogens with one attached hydrogen (secondary N) is 1. The SMILES string of the molecule is Cn1nnc(C(COCc2ccccc2)NC(=O)C(C)(C)N)n1. The van der Waals surface area contributed by atoms with E-state index in [1.807, 2.05) is 30.3 Å². The Balaban J connectivity index is 2.00. The van der Waals surface area contributed by atoms with Crippen LogP contribution in [0.1, 0.15) is 31.3 Å². The highest BCUT2D eigenvalue weighted by Crippen LogP contribution is 2.11. The summed E-state index contributed by atoms with van der Waals surface area (Å²) in [5.41, 5.74) is 5.86. The standard InChI is InChI=1S/C15H22N6O2/c1-15(2,16)14(22)17-12(13-18-20-21(3)19-13)10-23-9-11-7-5-4-6-8-11/h4-8,12H,9-10,16H2,1-3H3,(H,17,22). The van der Waals surface area contributed by atoms with Gasteiger partial charge in [0, 0.05) is 0 Å². The molecule has 1 unspecified atom stereocenters.